The molecule has 4 heterocycles. The zero-order valence-corrected chi connectivity index (χ0v) is 13.8. The predicted molar refractivity (Wildman–Crippen MR) is 85.7 cm³/mol. The van der Waals surface area contributed by atoms with Crippen LogP contribution in [0.3, 0.4) is 0 Å². The van der Waals surface area contributed by atoms with Gasteiger partial charge in [-0.2, -0.15) is 0 Å². The maximum Gasteiger partial charge on any atom is 0.199 e. The summed E-state index contributed by atoms with van der Waals surface area (Å²) in [5, 5.41) is 0. The topological polar surface area (TPSA) is 139 Å². The van der Waals surface area contributed by atoms with E-state index >= 15 is 0 Å². The number of rotatable bonds is 1. The predicted octanol–water partition coefficient (Wildman–Crippen LogP) is 0.967. The molecule has 4 rings (SSSR count). The Morgan fingerprint density at radius 2 is 1.14 bits per heavy atom. The molecule has 4 N–H and O–H groups in total. The SMILES string of the molecule is Nc1ncnc2c1nc(Br)n2-n1c(Br)nc2c(N)ncnc21. The van der Waals surface area contributed by atoms with Crippen molar-refractivity contribution in [1.82, 2.24) is 39.3 Å². The van der Waals surface area contributed by atoms with E-state index in [2.05, 4.69) is 61.8 Å². The average molecular weight is 426 g/mol. The molecule has 4 aromatic heterocycles. The Hall–Kier alpha value is -2.34. The minimum Gasteiger partial charge on any atom is -0.382 e. The number of nitrogens with two attached hydrogens (primary N) is 2. The van der Waals surface area contributed by atoms with Gasteiger partial charge in [0.1, 0.15) is 12.7 Å². The molecular formula is C10H6Br2N10. The first kappa shape index (κ1) is 13.3. The summed E-state index contributed by atoms with van der Waals surface area (Å²) in [6.45, 7) is 0. The van der Waals surface area contributed by atoms with Gasteiger partial charge < -0.3 is 11.5 Å². The number of imidazole rings is 2. The molecule has 0 saturated carbocycles. The zero-order valence-electron chi connectivity index (χ0n) is 10.6. The molecule has 22 heavy (non-hydrogen) atoms. The highest BCUT2D eigenvalue weighted by molar-refractivity contribution is 9.10. The Labute approximate surface area is 138 Å². The fraction of sp³-hybridized carbons (Fsp3) is 0. The van der Waals surface area contributed by atoms with Gasteiger partial charge in [0.15, 0.2) is 43.4 Å². The number of aromatic nitrogens is 8. The summed E-state index contributed by atoms with van der Waals surface area (Å²) in [6, 6.07) is 0. The van der Waals surface area contributed by atoms with E-state index in [4.69, 9.17) is 11.5 Å². The lowest BCUT2D eigenvalue weighted by Crippen LogP contribution is -2.11. The lowest BCUT2D eigenvalue weighted by atomic mass is 10.5. The van der Waals surface area contributed by atoms with Gasteiger partial charge in [0.2, 0.25) is 0 Å². The molecule has 0 aliphatic rings. The molecule has 0 unspecified atom stereocenters. The van der Waals surface area contributed by atoms with Gasteiger partial charge in [0.25, 0.3) is 0 Å². The number of nitrogen functional groups attached to an aromatic ring is 2. The number of anilines is 2. The van der Waals surface area contributed by atoms with Gasteiger partial charge in [-0.3, -0.25) is 0 Å². The normalized spacial score (nSPS) is 11.5. The molecular weight excluding hydrogens is 420 g/mol. The van der Waals surface area contributed by atoms with E-state index in [0.29, 0.717) is 31.8 Å². The third-order valence-electron chi connectivity index (χ3n) is 3.02. The van der Waals surface area contributed by atoms with E-state index in [9.17, 15) is 0 Å². The molecule has 0 spiro atoms. The fourth-order valence-corrected chi connectivity index (χ4v) is 3.11. The van der Waals surface area contributed by atoms with Crippen molar-refractivity contribution in [2.45, 2.75) is 0 Å². The van der Waals surface area contributed by atoms with Gasteiger partial charge in [0.05, 0.1) is 0 Å². The van der Waals surface area contributed by atoms with Crippen LogP contribution in [0.2, 0.25) is 0 Å². The molecule has 0 atom stereocenters. The summed E-state index contributed by atoms with van der Waals surface area (Å²) < 4.78 is 4.23. The molecule has 0 aliphatic heterocycles. The molecule has 0 fully saturated rings. The molecule has 0 aromatic carbocycles. The summed E-state index contributed by atoms with van der Waals surface area (Å²) in [5.74, 6) is 0.554. The molecule has 4 aromatic rings. The van der Waals surface area contributed by atoms with E-state index in [-0.39, 0.29) is 11.6 Å². The van der Waals surface area contributed by atoms with Gasteiger partial charge in [-0.25, -0.2) is 39.3 Å². The Morgan fingerprint density at radius 1 is 0.727 bits per heavy atom. The number of hydrogen-bond acceptors (Lipinski definition) is 8. The largest absolute Gasteiger partial charge is 0.382 e. The van der Waals surface area contributed by atoms with Crippen LogP contribution in [-0.4, -0.2) is 39.3 Å². The molecule has 110 valence electrons. The molecule has 12 heteroatoms. The molecule has 10 nitrogen and oxygen atoms in total. The maximum absolute atomic E-state index is 5.84. The Kier molecular flexibility index (Phi) is 2.77. The summed E-state index contributed by atoms with van der Waals surface area (Å²) in [6.07, 6.45) is 2.72. The lowest BCUT2D eigenvalue weighted by Gasteiger charge is -2.08. The Morgan fingerprint density at radius 3 is 1.55 bits per heavy atom. The van der Waals surface area contributed by atoms with Crippen LogP contribution < -0.4 is 11.5 Å². The van der Waals surface area contributed by atoms with E-state index in [0.717, 1.165) is 0 Å². The van der Waals surface area contributed by atoms with Crippen LogP contribution in [-0.2, 0) is 0 Å². The number of fused-ring (bicyclic) bond motifs is 2. The highest BCUT2D eigenvalue weighted by atomic mass is 79.9. The quantitative estimate of drug-likeness (QED) is 0.430. The van der Waals surface area contributed by atoms with Crippen LogP contribution in [0.15, 0.2) is 22.1 Å². The van der Waals surface area contributed by atoms with Crippen molar-refractivity contribution < 1.29 is 0 Å². The number of halogens is 2. The van der Waals surface area contributed by atoms with Gasteiger partial charge in [-0.15, -0.1) is 0 Å². The van der Waals surface area contributed by atoms with Crippen molar-refractivity contribution in [2.24, 2.45) is 0 Å². The lowest BCUT2D eigenvalue weighted by molar-refractivity contribution is 0.654. The molecule has 0 radical (unpaired) electrons. The standard InChI is InChI=1S/C10H6Br2N10/c11-9-19-3-5(13)15-1-17-7(3)21(9)22-8-4(20-10(22)12)6(14)16-2-18-8/h1-2H,(H2,13,15,17)(H2,14,16,18). The minimum atomic E-state index is 0.277. The third-order valence-corrected chi connectivity index (χ3v) is 4.05. The van der Waals surface area contributed by atoms with Crippen molar-refractivity contribution in [2.75, 3.05) is 11.5 Å². The highest BCUT2D eigenvalue weighted by Crippen LogP contribution is 2.27. The van der Waals surface area contributed by atoms with Gasteiger partial charge >= 0.3 is 0 Å². The van der Waals surface area contributed by atoms with Crippen molar-refractivity contribution >= 4 is 65.8 Å². The molecule has 0 bridgehead atoms. The van der Waals surface area contributed by atoms with E-state index in [1.165, 1.54) is 12.7 Å². The van der Waals surface area contributed by atoms with Crippen molar-refractivity contribution in [3.63, 3.8) is 0 Å². The summed E-state index contributed by atoms with van der Waals surface area (Å²) in [4.78, 5) is 25.0. The zero-order chi connectivity index (χ0) is 15.4. The second-order valence-electron chi connectivity index (χ2n) is 4.25. The van der Waals surface area contributed by atoms with Crippen molar-refractivity contribution in [3.8, 4) is 0 Å². The minimum absolute atomic E-state index is 0.277. The fourth-order valence-electron chi connectivity index (χ4n) is 2.10. The second kappa shape index (κ2) is 4.58. The average Bonchev–Trinajstić information content (AvgIpc) is 2.98. The van der Waals surface area contributed by atoms with E-state index < -0.39 is 0 Å². The van der Waals surface area contributed by atoms with Crippen LogP contribution in [0.1, 0.15) is 0 Å². The van der Waals surface area contributed by atoms with Crippen LogP contribution in [0.5, 0.6) is 0 Å². The van der Waals surface area contributed by atoms with Crippen LogP contribution in [0.4, 0.5) is 11.6 Å². The smallest absolute Gasteiger partial charge is 0.199 e. The molecule has 0 saturated heterocycles. The number of nitrogens with zero attached hydrogens (tertiary/aromatic N) is 8. The Bertz CT molecular complexity index is 951. The monoisotopic (exact) mass is 424 g/mol. The summed E-state index contributed by atoms with van der Waals surface area (Å²) in [7, 11) is 0. The number of hydrogen-bond donors (Lipinski definition) is 2. The van der Waals surface area contributed by atoms with Crippen molar-refractivity contribution in [3.05, 3.63) is 22.1 Å². The van der Waals surface area contributed by atoms with Gasteiger partial charge in [-0.05, 0) is 31.9 Å². The summed E-state index contributed by atoms with van der Waals surface area (Å²) in [5.41, 5.74) is 13.6. The first-order valence-electron chi connectivity index (χ1n) is 5.87. The maximum atomic E-state index is 5.84. The molecule has 0 aliphatic carbocycles. The van der Waals surface area contributed by atoms with Gasteiger partial charge in [0, 0.05) is 0 Å². The van der Waals surface area contributed by atoms with E-state index in [1.54, 1.807) is 9.35 Å². The second-order valence-corrected chi connectivity index (χ2v) is 5.67. The first-order valence-corrected chi connectivity index (χ1v) is 7.46. The molecule has 0 amide bonds. The van der Waals surface area contributed by atoms with E-state index in [1.807, 2.05) is 0 Å². The first-order chi connectivity index (χ1) is 10.6. The van der Waals surface area contributed by atoms with Crippen LogP contribution >= 0.6 is 31.9 Å². The van der Waals surface area contributed by atoms with Crippen LogP contribution in [0, 0.1) is 0 Å². The van der Waals surface area contributed by atoms with Crippen LogP contribution in [0.25, 0.3) is 22.3 Å². The Balaban J connectivity index is 2.17. The highest BCUT2D eigenvalue weighted by Gasteiger charge is 2.20. The summed E-state index contributed by atoms with van der Waals surface area (Å²) >= 11 is 6.78. The third kappa shape index (κ3) is 1.70. The van der Waals surface area contributed by atoms with Gasteiger partial charge in [-0.1, -0.05) is 0 Å². The van der Waals surface area contributed by atoms with Crippen molar-refractivity contribution in [1.29, 1.82) is 0 Å².